The fraction of sp³-hybridized carbons (Fsp3) is 0.429. The zero-order chi connectivity index (χ0) is 19.6. The van der Waals surface area contributed by atoms with Gasteiger partial charge in [-0.3, -0.25) is 0 Å². The zero-order valence-electron chi connectivity index (χ0n) is 16.4. The smallest absolute Gasteiger partial charge is 0.202 e. The van der Waals surface area contributed by atoms with Gasteiger partial charge in [-0.25, -0.2) is 5.06 Å². The highest BCUT2D eigenvalue weighted by atomic mass is 32.2. The molecule has 3 rings (SSSR count). The van der Waals surface area contributed by atoms with Gasteiger partial charge in [0.2, 0.25) is 0 Å². The van der Waals surface area contributed by atoms with Gasteiger partial charge in [-0.15, -0.1) is 4.28 Å². The average molecular weight is 406 g/mol. The van der Waals surface area contributed by atoms with Crippen LogP contribution in [0.25, 0.3) is 0 Å². The van der Waals surface area contributed by atoms with Gasteiger partial charge in [0.05, 0.1) is 17.1 Å². The second kappa shape index (κ2) is 8.25. The van der Waals surface area contributed by atoms with Crippen LogP contribution in [-0.2, 0) is 33.7 Å². The quantitative estimate of drug-likeness (QED) is 0.596. The van der Waals surface area contributed by atoms with E-state index in [1.54, 1.807) is 16.8 Å². The predicted molar refractivity (Wildman–Crippen MR) is 112 cm³/mol. The first-order valence-corrected chi connectivity index (χ1v) is 12.0. The van der Waals surface area contributed by atoms with Crippen molar-refractivity contribution in [1.29, 1.82) is 0 Å². The maximum Gasteiger partial charge on any atom is 0.288 e. The highest BCUT2D eigenvalue weighted by molar-refractivity contribution is 7.99. The van der Waals surface area contributed by atoms with Crippen molar-refractivity contribution in [2.24, 2.45) is 0 Å². The Kier molecular flexibility index (Phi) is 6.18. The molecular weight excluding hydrogens is 378 g/mol. The van der Waals surface area contributed by atoms with Crippen LogP contribution in [0.5, 0.6) is 0 Å². The number of hydrogen-bond acceptors (Lipinski definition) is 5. The number of para-hydroxylation sites is 1. The minimum absolute atomic E-state index is 0.00368. The molecule has 0 N–H and O–H groups in total. The number of anilines is 2. The molecule has 0 aliphatic carbocycles. The highest BCUT2D eigenvalue weighted by Gasteiger charge is 2.31. The van der Waals surface area contributed by atoms with Crippen molar-refractivity contribution >= 4 is 33.3 Å². The fourth-order valence-electron chi connectivity index (χ4n) is 3.35. The normalized spacial score (nSPS) is 13.4. The summed E-state index contributed by atoms with van der Waals surface area (Å²) in [6.45, 7) is 8.17. The molecule has 0 aromatic heterocycles. The average Bonchev–Trinajstić information content (AvgIpc) is 2.66. The van der Waals surface area contributed by atoms with E-state index in [9.17, 15) is 8.42 Å². The first-order chi connectivity index (χ1) is 12.9. The Labute approximate surface area is 167 Å². The van der Waals surface area contributed by atoms with Crippen LogP contribution < -0.4 is 5.06 Å². The van der Waals surface area contributed by atoms with Crippen molar-refractivity contribution in [3.05, 3.63) is 47.0 Å². The lowest BCUT2D eigenvalue weighted by Crippen LogP contribution is -2.28. The molecule has 146 valence electrons. The second-order valence-electron chi connectivity index (χ2n) is 6.66. The Hall–Kier alpha value is -1.50. The van der Waals surface area contributed by atoms with E-state index in [0.717, 1.165) is 46.0 Å². The van der Waals surface area contributed by atoms with E-state index in [2.05, 4.69) is 32.9 Å². The van der Waals surface area contributed by atoms with Crippen LogP contribution in [0, 0.1) is 0 Å². The molecule has 0 atom stereocenters. The molecule has 1 aliphatic rings. The summed E-state index contributed by atoms with van der Waals surface area (Å²) in [4.78, 5) is 2.12. The fourth-order valence-corrected chi connectivity index (χ4v) is 5.56. The molecular formula is C21H27NO3S2. The predicted octanol–water partition coefficient (Wildman–Crippen LogP) is 5.65. The molecule has 0 radical (unpaired) electrons. The van der Waals surface area contributed by atoms with E-state index in [1.165, 1.54) is 11.1 Å². The third kappa shape index (κ3) is 4.03. The van der Waals surface area contributed by atoms with E-state index in [-0.39, 0.29) is 5.75 Å². The molecule has 4 nitrogen and oxygen atoms in total. The van der Waals surface area contributed by atoms with Crippen LogP contribution >= 0.6 is 11.8 Å². The Morgan fingerprint density at radius 2 is 1.74 bits per heavy atom. The van der Waals surface area contributed by atoms with Crippen LogP contribution in [-0.4, -0.2) is 14.2 Å². The Bertz CT molecular complexity index is 939. The Balaban J connectivity index is 2.24. The molecule has 0 amide bonds. The third-order valence-corrected chi connectivity index (χ3v) is 7.24. The van der Waals surface area contributed by atoms with E-state index in [1.807, 2.05) is 25.1 Å². The molecule has 0 spiro atoms. The summed E-state index contributed by atoms with van der Waals surface area (Å²) < 4.78 is 30.8. The molecule has 2 aromatic carbocycles. The van der Waals surface area contributed by atoms with Gasteiger partial charge < -0.3 is 0 Å². The topological polar surface area (TPSA) is 46.6 Å². The molecule has 0 fully saturated rings. The summed E-state index contributed by atoms with van der Waals surface area (Å²) in [6.07, 6.45) is 3.11. The number of rotatable bonds is 7. The molecule has 6 heteroatoms. The maximum absolute atomic E-state index is 12.6. The van der Waals surface area contributed by atoms with E-state index in [0.29, 0.717) is 6.42 Å². The summed E-state index contributed by atoms with van der Waals surface area (Å²) in [5.74, 6) is 0.00368. The molecule has 1 aliphatic heterocycles. The maximum atomic E-state index is 12.6. The summed E-state index contributed by atoms with van der Waals surface area (Å²) in [7, 11) is -3.66. The Morgan fingerprint density at radius 1 is 1.00 bits per heavy atom. The molecule has 27 heavy (non-hydrogen) atoms. The number of fused-ring (bicyclic) bond motifs is 2. The standard InChI is InChI=1S/C21H27NO3S2/c1-5-12-27(23,24)25-22-18-14-15(6-2)13-17(8-4)21(18)26-19-11-9-10-16(7-3)20(19)22/h9-11,13-14H,5-8,12H2,1-4H3. The van der Waals surface area contributed by atoms with Gasteiger partial charge in [-0.05, 0) is 54.5 Å². The van der Waals surface area contributed by atoms with E-state index >= 15 is 0 Å². The lowest BCUT2D eigenvalue weighted by atomic mass is 10.0. The minimum atomic E-state index is -3.66. The molecule has 1 heterocycles. The van der Waals surface area contributed by atoms with Crippen LogP contribution in [0.2, 0.25) is 0 Å². The van der Waals surface area contributed by atoms with Crippen LogP contribution in [0.4, 0.5) is 11.4 Å². The van der Waals surface area contributed by atoms with Gasteiger partial charge >= 0.3 is 0 Å². The lowest BCUT2D eigenvalue weighted by Gasteiger charge is -2.33. The SMILES string of the molecule is CCCS(=O)(=O)ON1c2cc(CC)cc(CC)c2Sc2cccc(CC)c21. The third-order valence-electron chi connectivity index (χ3n) is 4.73. The zero-order valence-corrected chi connectivity index (χ0v) is 18.0. The molecule has 0 bridgehead atoms. The van der Waals surface area contributed by atoms with Crippen molar-refractivity contribution in [1.82, 2.24) is 0 Å². The highest BCUT2D eigenvalue weighted by Crippen LogP contribution is 2.52. The van der Waals surface area contributed by atoms with Crippen molar-refractivity contribution in [2.45, 2.75) is 63.2 Å². The summed E-state index contributed by atoms with van der Waals surface area (Å²) in [5, 5.41) is 1.57. The summed E-state index contributed by atoms with van der Waals surface area (Å²) >= 11 is 1.71. The van der Waals surface area contributed by atoms with Crippen molar-refractivity contribution in [2.75, 3.05) is 10.8 Å². The van der Waals surface area contributed by atoms with Gasteiger partial charge in [0.15, 0.2) is 0 Å². The minimum Gasteiger partial charge on any atom is -0.202 e. The van der Waals surface area contributed by atoms with E-state index in [4.69, 9.17) is 4.28 Å². The second-order valence-corrected chi connectivity index (χ2v) is 9.39. The lowest BCUT2D eigenvalue weighted by molar-refractivity contribution is 0.318. The Morgan fingerprint density at radius 3 is 2.37 bits per heavy atom. The molecule has 0 saturated heterocycles. The largest absolute Gasteiger partial charge is 0.288 e. The van der Waals surface area contributed by atoms with Gasteiger partial charge in [0, 0.05) is 9.79 Å². The van der Waals surface area contributed by atoms with Gasteiger partial charge in [0.25, 0.3) is 10.1 Å². The molecule has 0 unspecified atom stereocenters. The van der Waals surface area contributed by atoms with Crippen molar-refractivity contribution < 1.29 is 12.7 Å². The summed E-state index contributed by atoms with van der Waals surface area (Å²) in [6, 6.07) is 10.4. The van der Waals surface area contributed by atoms with Gasteiger partial charge in [-0.1, -0.05) is 57.7 Å². The molecule has 0 saturated carbocycles. The number of aryl methyl sites for hydroxylation is 3. The van der Waals surface area contributed by atoms with Gasteiger partial charge in [0.1, 0.15) is 0 Å². The van der Waals surface area contributed by atoms with E-state index < -0.39 is 10.1 Å². The number of nitrogens with zero attached hydrogens (tertiary/aromatic N) is 1. The van der Waals surface area contributed by atoms with Crippen LogP contribution in [0.15, 0.2) is 40.1 Å². The first-order valence-electron chi connectivity index (χ1n) is 9.61. The monoisotopic (exact) mass is 405 g/mol. The van der Waals surface area contributed by atoms with Crippen LogP contribution in [0.1, 0.15) is 50.8 Å². The first kappa shape index (κ1) is 20.2. The van der Waals surface area contributed by atoms with Crippen molar-refractivity contribution in [3.8, 4) is 0 Å². The number of benzene rings is 2. The molecule has 2 aromatic rings. The van der Waals surface area contributed by atoms with Crippen LogP contribution in [0.3, 0.4) is 0 Å². The van der Waals surface area contributed by atoms with Crippen molar-refractivity contribution in [3.63, 3.8) is 0 Å². The number of hydrogen-bond donors (Lipinski definition) is 0. The summed E-state index contributed by atoms with van der Waals surface area (Å²) in [5.41, 5.74) is 5.18. The van der Waals surface area contributed by atoms with Gasteiger partial charge in [-0.2, -0.15) is 8.42 Å².